The van der Waals surface area contributed by atoms with Crippen molar-refractivity contribution < 1.29 is 9.59 Å². The van der Waals surface area contributed by atoms with Gasteiger partial charge in [0, 0.05) is 19.1 Å². The van der Waals surface area contributed by atoms with Crippen LogP contribution in [0.15, 0.2) is 30.3 Å². The summed E-state index contributed by atoms with van der Waals surface area (Å²) in [6.07, 6.45) is 8.67. The smallest absolute Gasteiger partial charge is 0.242 e. The van der Waals surface area contributed by atoms with Crippen LogP contribution in [0.2, 0.25) is 0 Å². The molecule has 2 N–H and O–H groups in total. The highest BCUT2D eigenvalue weighted by Crippen LogP contribution is 2.29. The molecule has 2 fully saturated rings. The quantitative estimate of drug-likeness (QED) is 0.607. The summed E-state index contributed by atoms with van der Waals surface area (Å²) in [7, 11) is 0. The van der Waals surface area contributed by atoms with Crippen molar-refractivity contribution in [1.82, 2.24) is 15.5 Å². The molecule has 0 bridgehead atoms. The van der Waals surface area contributed by atoms with Gasteiger partial charge in [-0.3, -0.25) is 14.5 Å². The molecule has 154 valence electrons. The maximum Gasteiger partial charge on any atom is 0.242 e. The first-order chi connectivity index (χ1) is 13.7. The maximum absolute atomic E-state index is 13.0. The molecule has 28 heavy (non-hydrogen) atoms. The Balaban J connectivity index is 1.60. The fourth-order valence-electron chi connectivity index (χ4n) is 4.03. The van der Waals surface area contributed by atoms with Crippen LogP contribution in [0.4, 0.5) is 0 Å². The molecule has 2 unspecified atom stereocenters. The number of hydrogen-bond acceptors (Lipinski definition) is 3. The van der Waals surface area contributed by atoms with Crippen LogP contribution in [0.3, 0.4) is 0 Å². The first kappa shape index (κ1) is 20.8. The van der Waals surface area contributed by atoms with Crippen LogP contribution in [0.5, 0.6) is 0 Å². The Labute approximate surface area is 169 Å². The van der Waals surface area contributed by atoms with Crippen molar-refractivity contribution in [1.29, 1.82) is 0 Å². The fraction of sp³-hybridized carbons (Fsp3) is 0.652. The van der Waals surface area contributed by atoms with E-state index in [0.717, 1.165) is 50.8 Å². The highest BCUT2D eigenvalue weighted by molar-refractivity contribution is 5.84. The predicted octanol–water partition coefficient (Wildman–Crippen LogP) is 3.41. The Morgan fingerprint density at radius 3 is 2.61 bits per heavy atom. The van der Waals surface area contributed by atoms with Crippen LogP contribution in [-0.4, -0.2) is 42.4 Å². The third kappa shape index (κ3) is 6.06. The minimum absolute atomic E-state index is 0.0279. The van der Waals surface area contributed by atoms with Gasteiger partial charge >= 0.3 is 0 Å². The van der Waals surface area contributed by atoms with Gasteiger partial charge in [0.05, 0.1) is 5.92 Å². The number of amides is 2. The van der Waals surface area contributed by atoms with Gasteiger partial charge in [0.25, 0.3) is 0 Å². The van der Waals surface area contributed by atoms with E-state index in [1.807, 2.05) is 30.3 Å². The van der Waals surface area contributed by atoms with E-state index >= 15 is 0 Å². The van der Waals surface area contributed by atoms with Crippen LogP contribution in [0, 0.1) is 5.92 Å². The topological polar surface area (TPSA) is 61.4 Å². The number of rotatable bonds is 10. The van der Waals surface area contributed by atoms with E-state index in [4.69, 9.17) is 0 Å². The highest BCUT2D eigenvalue weighted by Gasteiger charge is 2.36. The molecule has 1 aliphatic carbocycles. The molecule has 0 aromatic heterocycles. The number of unbranched alkanes of at least 4 members (excludes halogenated alkanes) is 3. The molecule has 1 aliphatic heterocycles. The number of likely N-dealkylation sites (tertiary alicyclic amines) is 1. The van der Waals surface area contributed by atoms with Gasteiger partial charge in [-0.2, -0.15) is 0 Å². The molecular formula is C23H35N3O2. The lowest BCUT2D eigenvalue weighted by molar-refractivity contribution is -0.132. The third-order valence-corrected chi connectivity index (χ3v) is 5.81. The summed E-state index contributed by atoms with van der Waals surface area (Å²) >= 11 is 0. The van der Waals surface area contributed by atoms with Gasteiger partial charge < -0.3 is 10.6 Å². The average Bonchev–Trinajstić information content (AvgIpc) is 3.53. The summed E-state index contributed by atoms with van der Waals surface area (Å²) in [5.41, 5.74) is 1.02. The third-order valence-electron chi connectivity index (χ3n) is 5.81. The maximum atomic E-state index is 13.0. The fourth-order valence-corrected chi connectivity index (χ4v) is 4.03. The summed E-state index contributed by atoms with van der Waals surface area (Å²) in [5.74, 6) is 0.199. The van der Waals surface area contributed by atoms with E-state index in [9.17, 15) is 9.59 Å². The Morgan fingerprint density at radius 2 is 1.89 bits per heavy atom. The van der Waals surface area contributed by atoms with Crippen molar-refractivity contribution in [3.05, 3.63) is 35.9 Å². The zero-order valence-electron chi connectivity index (χ0n) is 17.2. The van der Waals surface area contributed by atoms with Crippen LogP contribution < -0.4 is 10.6 Å². The van der Waals surface area contributed by atoms with Crippen LogP contribution in [0.25, 0.3) is 0 Å². The number of hydrogen-bond donors (Lipinski definition) is 2. The molecule has 1 saturated carbocycles. The summed E-state index contributed by atoms with van der Waals surface area (Å²) in [5, 5.41) is 6.28. The van der Waals surface area contributed by atoms with Gasteiger partial charge in [-0.05, 0) is 44.2 Å². The summed E-state index contributed by atoms with van der Waals surface area (Å²) in [6.45, 7) is 4.47. The van der Waals surface area contributed by atoms with Gasteiger partial charge in [0.1, 0.15) is 6.04 Å². The number of nitrogens with zero attached hydrogens (tertiary/aromatic N) is 1. The molecule has 5 nitrogen and oxygen atoms in total. The number of carbonyl (C=O) groups is 2. The average molecular weight is 386 g/mol. The lowest BCUT2D eigenvalue weighted by Gasteiger charge is -2.37. The van der Waals surface area contributed by atoms with Gasteiger partial charge in [0.15, 0.2) is 0 Å². The van der Waals surface area contributed by atoms with Crippen molar-refractivity contribution >= 4 is 11.8 Å². The molecule has 0 spiro atoms. The van der Waals surface area contributed by atoms with Crippen molar-refractivity contribution in [3.63, 3.8) is 0 Å². The number of piperidine rings is 1. The largest absolute Gasteiger partial charge is 0.356 e. The second-order valence-corrected chi connectivity index (χ2v) is 8.28. The number of benzene rings is 1. The van der Waals surface area contributed by atoms with Crippen molar-refractivity contribution in [2.75, 3.05) is 19.6 Å². The van der Waals surface area contributed by atoms with Crippen LogP contribution >= 0.6 is 0 Å². The summed E-state index contributed by atoms with van der Waals surface area (Å²) < 4.78 is 0. The molecule has 2 atom stereocenters. The van der Waals surface area contributed by atoms with E-state index in [1.165, 1.54) is 19.3 Å². The Morgan fingerprint density at radius 1 is 1.11 bits per heavy atom. The second kappa shape index (κ2) is 10.6. The molecule has 0 radical (unpaired) electrons. The first-order valence-electron chi connectivity index (χ1n) is 11.1. The normalized spacial score (nSPS) is 21.1. The minimum atomic E-state index is -0.304. The molecule has 1 saturated heterocycles. The molecule has 5 heteroatoms. The standard InChI is InChI=1S/C23H35N3O2/c1-2-3-4-8-15-24-22(27)19-12-9-16-26(17-19)21(18-10-6-5-7-11-18)23(28)25-20-13-14-20/h5-7,10-11,19-21H,2-4,8-9,12-17H2,1H3,(H,24,27)(H,25,28). The van der Waals surface area contributed by atoms with Gasteiger partial charge in [-0.25, -0.2) is 0 Å². The van der Waals surface area contributed by atoms with E-state index in [2.05, 4.69) is 22.5 Å². The Hall–Kier alpha value is -1.88. The van der Waals surface area contributed by atoms with Gasteiger partial charge in [-0.15, -0.1) is 0 Å². The highest BCUT2D eigenvalue weighted by atomic mass is 16.2. The lowest BCUT2D eigenvalue weighted by atomic mass is 9.93. The van der Waals surface area contributed by atoms with Crippen LogP contribution in [-0.2, 0) is 9.59 Å². The Bertz CT molecular complexity index is 630. The number of nitrogens with one attached hydrogen (secondary N) is 2. The van der Waals surface area contributed by atoms with E-state index in [1.54, 1.807) is 0 Å². The zero-order valence-corrected chi connectivity index (χ0v) is 17.2. The van der Waals surface area contributed by atoms with Gasteiger partial charge in [-0.1, -0.05) is 56.5 Å². The second-order valence-electron chi connectivity index (χ2n) is 8.28. The first-order valence-corrected chi connectivity index (χ1v) is 11.1. The SMILES string of the molecule is CCCCCCNC(=O)C1CCCN(C(C(=O)NC2CC2)c2ccccc2)C1. The molecule has 1 aromatic rings. The monoisotopic (exact) mass is 385 g/mol. The van der Waals surface area contributed by atoms with E-state index < -0.39 is 0 Å². The van der Waals surface area contributed by atoms with Crippen LogP contribution in [0.1, 0.15) is 69.9 Å². The number of carbonyl (C=O) groups excluding carboxylic acids is 2. The molecular weight excluding hydrogens is 350 g/mol. The lowest BCUT2D eigenvalue weighted by Crippen LogP contribution is -2.48. The van der Waals surface area contributed by atoms with Crippen molar-refractivity contribution in [2.24, 2.45) is 5.92 Å². The van der Waals surface area contributed by atoms with Crippen molar-refractivity contribution in [3.8, 4) is 0 Å². The van der Waals surface area contributed by atoms with Crippen molar-refractivity contribution in [2.45, 2.75) is 70.4 Å². The predicted molar refractivity (Wildman–Crippen MR) is 112 cm³/mol. The molecule has 3 rings (SSSR count). The van der Waals surface area contributed by atoms with E-state index in [-0.39, 0.29) is 23.8 Å². The summed E-state index contributed by atoms with van der Waals surface area (Å²) in [4.78, 5) is 27.8. The molecule has 1 aromatic carbocycles. The minimum Gasteiger partial charge on any atom is -0.356 e. The Kier molecular flexibility index (Phi) is 7.90. The van der Waals surface area contributed by atoms with E-state index in [0.29, 0.717) is 12.6 Å². The zero-order chi connectivity index (χ0) is 19.8. The van der Waals surface area contributed by atoms with Gasteiger partial charge in [0.2, 0.25) is 11.8 Å². The molecule has 2 aliphatic rings. The molecule has 1 heterocycles. The molecule has 2 amide bonds. The summed E-state index contributed by atoms with van der Waals surface area (Å²) in [6, 6.07) is 10.0.